The first-order valence-electron chi connectivity index (χ1n) is 7.85. The van der Waals surface area contributed by atoms with Crippen molar-refractivity contribution in [2.75, 3.05) is 26.8 Å². The minimum Gasteiger partial charge on any atom is -0.383 e. The second-order valence-corrected chi connectivity index (χ2v) is 5.87. The van der Waals surface area contributed by atoms with Crippen molar-refractivity contribution in [2.24, 2.45) is 5.92 Å². The van der Waals surface area contributed by atoms with Gasteiger partial charge in [-0.2, -0.15) is 5.10 Å². The number of alkyl halides is 2. The van der Waals surface area contributed by atoms with Crippen molar-refractivity contribution in [3.05, 3.63) is 17.5 Å². The maximum Gasteiger partial charge on any atom is 0.279 e. The molecule has 0 saturated carbocycles. The second-order valence-electron chi connectivity index (χ2n) is 5.87. The van der Waals surface area contributed by atoms with Crippen molar-refractivity contribution in [3.8, 4) is 0 Å². The van der Waals surface area contributed by atoms with Gasteiger partial charge >= 0.3 is 0 Å². The van der Waals surface area contributed by atoms with Crippen molar-refractivity contribution in [1.29, 1.82) is 0 Å². The van der Waals surface area contributed by atoms with E-state index in [2.05, 4.69) is 15.5 Å². The van der Waals surface area contributed by atoms with Gasteiger partial charge in [0.15, 0.2) is 5.69 Å². The van der Waals surface area contributed by atoms with Crippen LogP contribution in [-0.2, 0) is 9.53 Å². The lowest BCUT2D eigenvalue weighted by Gasteiger charge is -2.37. The summed E-state index contributed by atoms with van der Waals surface area (Å²) in [5.41, 5.74) is -0.450. The lowest BCUT2D eigenvalue weighted by molar-refractivity contribution is -0.126. The Kier molecular flexibility index (Phi) is 6.24. The first-order chi connectivity index (χ1) is 11.4. The molecule has 7 nitrogen and oxygen atoms in total. The lowest BCUT2D eigenvalue weighted by atomic mass is 9.92. The highest BCUT2D eigenvalue weighted by atomic mass is 19.3. The Labute approximate surface area is 138 Å². The van der Waals surface area contributed by atoms with Crippen LogP contribution < -0.4 is 5.32 Å². The molecule has 2 rings (SSSR count). The molecule has 1 fully saturated rings. The average molecular weight is 344 g/mol. The highest BCUT2D eigenvalue weighted by Gasteiger charge is 2.34. The molecule has 2 amide bonds. The molecule has 2 heterocycles. The molecule has 1 aromatic rings. The van der Waals surface area contributed by atoms with Gasteiger partial charge in [0, 0.05) is 26.2 Å². The van der Waals surface area contributed by atoms with Gasteiger partial charge in [-0.05, 0) is 25.8 Å². The summed E-state index contributed by atoms with van der Waals surface area (Å²) in [5, 5.41) is 8.60. The number of piperidine rings is 1. The van der Waals surface area contributed by atoms with E-state index in [4.69, 9.17) is 4.74 Å². The number of aromatic nitrogens is 2. The highest BCUT2D eigenvalue weighted by molar-refractivity contribution is 5.93. The van der Waals surface area contributed by atoms with Gasteiger partial charge < -0.3 is 15.0 Å². The first kappa shape index (κ1) is 18.3. The molecule has 9 heteroatoms. The van der Waals surface area contributed by atoms with Crippen molar-refractivity contribution >= 4 is 11.8 Å². The van der Waals surface area contributed by atoms with Gasteiger partial charge in [0.1, 0.15) is 5.69 Å². The molecule has 1 aromatic heterocycles. The number of carbonyl (C=O) groups excluding carboxylic acids is 2. The number of hydrogen-bond donors (Lipinski definition) is 2. The Balaban J connectivity index is 2.01. The molecule has 0 spiro atoms. The minimum absolute atomic E-state index is 0.0578. The van der Waals surface area contributed by atoms with Gasteiger partial charge in [-0.25, -0.2) is 8.78 Å². The number of ether oxygens (including phenoxy) is 1. The number of methoxy groups -OCH3 is 1. The molecule has 2 N–H and O–H groups in total. The Morgan fingerprint density at radius 3 is 2.88 bits per heavy atom. The summed E-state index contributed by atoms with van der Waals surface area (Å²) in [4.78, 5) is 26.2. The topological polar surface area (TPSA) is 87.3 Å². The molecule has 0 radical (unpaired) electrons. The third-order valence-corrected chi connectivity index (χ3v) is 4.17. The molecule has 1 saturated heterocycles. The van der Waals surface area contributed by atoms with E-state index in [0.717, 1.165) is 6.07 Å². The number of halogens is 2. The second kappa shape index (κ2) is 8.18. The van der Waals surface area contributed by atoms with Crippen LogP contribution >= 0.6 is 0 Å². The third kappa shape index (κ3) is 4.28. The number of H-pyrrole nitrogens is 1. The van der Waals surface area contributed by atoms with Gasteiger partial charge in [-0.3, -0.25) is 14.7 Å². The SMILES string of the molecule is COCCNC(=O)C1CCC(C)N(C(=O)c2cc(C(F)F)[nH]n2)C1. The number of nitrogens with zero attached hydrogens (tertiary/aromatic N) is 2. The molecule has 134 valence electrons. The van der Waals surface area contributed by atoms with Gasteiger partial charge in [-0.15, -0.1) is 0 Å². The molecule has 2 unspecified atom stereocenters. The number of hydrogen-bond acceptors (Lipinski definition) is 4. The summed E-state index contributed by atoms with van der Waals surface area (Å²) < 4.78 is 30.1. The summed E-state index contributed by atoms with van der Waals surface area (Å²) in [5.74, 6) is -0.900. The zero-order chi connectivity index (χ0) is 17.7. The summed E-state index contributed by atoms with van der Waals surface area (Å²) in [6.45, 7) is 2.95. The van der Waals surface area contributed by atoms with Crippen molar-refractivity contribution in [2.45, 2.75) is 32.2 Å². The third-order valence-electron chi connectivity index (χ3n) is 4.17. The quantitative estimate of drug-likeness (QED) is 0.763. The molecule has 1 aliphatic heterocycles. The molecule has 24 heavy (non-hydrogen) atoms. The fourth-order valence-electron chi connectivity index (χ4n) is 2.73. The van der Waals surface area contributed by atoms with E-state index < -0.39 is 18.0 Å². The van der Waals surface area contributed by atoms with Crippen LogP contribution in [0.3, 0.4) is 0 Å². The van der Waals surface area contributed by atoms with Crippen molar-refractivity contribution in [1.82, 2.24) is 20.4 Å². The van der Waals surface area contributed by atoms with Crippen LogP contribution in [0.4, 0.5) is 8.78 Å². The summed E-state index contributed by atoms with van der Waals surface area (Å²) in [6, 6.07) is 0.981. The predicted octanol–water partition coefficient (Wildman–Crippen LogP) is 1.35. The molecular weight excluding hydrogens is 322 g/mol. The highest BCUT2D eigenvalue weighted by Crippen LogP contribution is 2.24. The van der Waals surface area contributed by atoms with E-state index in [0.29, 0.717) is 26.0 Å². The first-order valence-corrected chi connectivity index (χ1v) is 7.85. The maximum absolute atomic E-state index is 12.6. The van der Waals surface area contributed by atoms with E-state index in [-0.39, 0.29) is 30.1 Å². The van der Waals surface area contributed by atoms with Gasteiger partial charge in [-0.1, -0.05) is 0 Å². The van der Waals surface area contributed by atoms with Crippen LogP contribution in [0.25, 0.3) is 0 Å². The van der Waals surface area contributed by atoms with Gasteiger partial charge in [0.05, 0.1) is 12.5 Å². The van der Waals surface area contributed by atoms with E-state index in [9.17, 15) is 18.4 Å². The normalized spacial score (nSPS) is 21.1. The van der Waals surface area contributed by atoms with Crippen LogP contribution in [0.2, 0.25) is 0 Å². The van der Waals surface area contributed by atoms with E-state index >= 15 is 0 Å². The number of rotatable bonds is 6. The van der Waals surface area contributed by atoms with Crippen LogP contribution in [0.15, 0.2) is 6.07 Å². The minimum atomic E-state index is -2.71. The fourth-order valence-corrected chi connectivity index (χ4v) is 2.73. The monoisotopic (exact) mass is 344 g/mol. The number of amides is 2. The van der Waals surface area contributed by atoms with E-state index in [1.165, 1.54) is 4.90 Å². The van der Waals surface area contributed by atoms with Crippen LogP contribution in [0, 0.1) is 5.92 Å². The Morgan fingerprint density at radius 2 is 2.25 bits per heavy atom. The van der Waals surface area contributed by atoms with E-state index in [1.807, 2.05) is 6.92 Å². The van der Waals surface area contributed by atoms with Crippen LogP contribution in [0.5, 0.6) is 0 Å². The zero-order valence-corrected chi connectivity index (χ0v) is 13.7. The average Bonchev–Trinajstić information content (AvgIpc) is 3.05. The summed E-state index contributed by atoms with van der Waals surface area (Å²) in [7, 11) is 1.55. The fraction of sp³-hybridized carbons (Fsp3) is 0.667. The van der Waals surface area contributed by atoms with Crippen molar-refractivity contribution < 1.29 is 23.1 Å². The number of carbonyl (C=O) groups is 2. The molecule has 0 bridgehead atoms. The van der Waals surface area contributed by atoms with Crippen molar-refractivity contribution in [3.63, 3.8) is 0 Å². The van der Waals surface area contributed by atoms with Crippen LogP contribution in [0.1, 0.15) is 42.4 Å². The molecule has 0 aromatic carbocycles. The molecule has 1 aliphatic rings. The Morgan fingerprint density at radius 1 is 1.50 bits per heavy atom. The number of aromatic amines is 1. The Bertz CT molecular complexity index is 579. The Hall–Kier alpha value is -2.03. The molecular formula is C15H22F2N4O3. The predicted molar refractivity (Wildman–Crippen MR) is 81.7 cm³/mol. The summed E-state index contributed by atoms with van der Waals surface area (Å²) in [6.07, 6.45) is -1.37. The zero-order valence-electron chi connectivity index (χ0n) is 13.7. The molecule has 0 aliphatic carbocycles. The van der Waals surface area contributed by atoms with E-state index in [1.54, 1.807) is 7.11 Å². The molecule has 2 atom stereocenters. The maximum atomic E-state index is 12.6. The largest absolute Gasteiger partial charge is 0.383 e. The van der Waals surface area contributed by atoms with Crippen LogP contribution in [-0.4, -0.2) is 59.8 Å². The van der Waals surface area contributed by atoms with Gasteiger partial charge in [0.2, 0.25) is 5.91 Å². The lowest BCUT2D eigenvalue weighted by Crippen LogP contribution is -2.49. The smallest absolute Gasteiger partial charge is 0.279 e. The number of nitrogens with one attached hydrogen (secondary N) is 2. The standard InChI is InChI=1S/C15H22F2N4O3/c1-9-3-4-10(14(22)18-5-6-24-2)8-21(9)15(23)12-7-11(13(16)17)19-20-12/h7,9-10,13H,3-6,8H2,1-2H3,(H,18,22)(H,19,20). The number of likely N-dealkylation sites (tertiary alicyclic amines) is 1. The van der Waals surface area contributed by atoms with Gasteiger partial charge in [0.25, 0.3) is 12.3 Å². The summed E-state index contributed by atoms with van der Waals surface area (Å²) >= 11 is 0.